The lowest BCUT2D eigenvalue weighted by molar-refractivity contribution is 0.358. The molecule has 19 heavy (non-hydrogen) atoms. The molecule has 0 aliphatic heterocycles. The summed E-state index contributed by atoms with van der Waals surface area (Å²) in [5.74, 6) is 0.463. The first-order chi connectivity index (χ1) is 8.90. The van der Waals surface area contributed by atoms with Crippen LogP contribution in [0.3, 0.4) is 0 Å². The molecule has 0 bridgehead atoms. The molecule has 0 saturated carbocycles. The highest BCUT2D eigenvalue weighted by Gasteiger charge is 2.15. The maximum atomic E-state index is 12.0. The summed E-state index contributed by atoms with van der Waals surface area (Å²) in [5.41, 5.74) is 6.00. The Kier molecular flexibility index (Phi) is 5.59. The molecule has 0 unspecified atom stereocenters. The fraction of sp³-hybridized carbons (Fsp3) is 0.500. The summed E-state index contributed by atoms with van der Waals surface area (Å²) >= 11 is 0. The van der Waals surface area contributed by atoms with Gasteiger partial charge in [0.25, 0.3) is 0 Å². The van der Waals surface area contributed by atoms with Gasteiger partial charge in [-0.3, -0.25) is 0 Å². The van der Waals surface area contributed by atoms with Gasteiger partial charge in [-0.05, 0) is 31.8 Å². The molecule has 3 N–H and O–H groups in total. The highest BCUT2D eigenvalue weighted by molar-refractivity contribution is 7.89. The van der Waals surface area contributed by atoms with E-state index in [-0.39, 0.29) is 4.90 Å². The van der Waals surface area contributed by atoms with Crippen LogP contribution in [0.1, 0.15) is 6.92 Å². The van der Waals surface area contributed by atoms with Crippen molar-refractivity contribution in [1.29, 1.82) is 0 Å². The normalized spacial score (nSPS) is 11.8. The number of nitrogens with two attached hydrogens (primary N) is 1. The Balaban J connectivity index is 2.75. The maximum Gasteiger partial charge on any atom is 0.240 e. The third-order valence-corrected chi connectivity index (χ3v) is 4.30. The van der Waals surface area contributed by atoms with Crippen molar-refractivity contribution < 1.29 is 13.2 Å². The Morgan fingerprint density at radius 3 is 2.63 bits per heavy atom. The molecular formula is C12H21N3O3S. The second-order valence-corrected chi connectivity index (χ2v) is 5.96. The molecule has 1 aromatic carbocycles. The van der Waals surface area contributed by atoms with E-state index in [1.165, 1.54) is 19.2 Å². The van der Waals surface area contributed by atoms with Gasteiger partial charge in [0.15, 0.2) is 0 Å². The average molecular weight is 287 g/mol. The minimum Gasteiger partial charge on any atom is -0.495 e. The highest BCUT2D eigenvalue weighted by atomic mass is 32.2. The fourth-order valence-corrected chi connectivity index (χ4v) is 2.55. The number of hydrogen-bond donors (Lipinski definition) is 2. The summed E-state index contributed by atoms with van der Waals surface area (Å²) in [6.45, 7) is 3.90. The smallest absolute Gasteiger partial charge is 0.240 e. The quantitative estimate of drug-likeness (QED) is 0.714. The molecule has 108 valence electrons. The molecule has 0 aliphatic rings. The first-order valence-corrected chi connectivity index (χ1v) is 7.50. The van der Waals surface area contributed by atoms with Crippen molar-refractivity contribution in [2.45, 2.75) is 11.8 Å². The number of anilines is 1. The van der Waals surface area contributed by atoms with E-state index in [1.807, 2.05) is 18.9 Å². The molecule has 0 atom stereocenters. The van der Waals surface area contributed by atoms with Gasteiger partial charge in [0.2, 0.25) is 10.0 Å². The molecule has 0 spiro atoms. The minimum absolute atomic E-state index is 0.143. The number of nitrogens with zero attached hydrogens (tertiary/aromatic N) is 1. The average Bonchev–Trinajstić information content (AvgIpc) is 2.38. The molecule has 0 radical (unpaired) electrons. The maximum absolute atomic E-state index is 12.0. The lowest BCUT2D eigenvalue weighted by atomic mass is 10.3. The van der Waals surface area contributed by atoms with Crippen LogP contribution in [0.2, 0.25) is 0 Å². The molecule has 0 amide bonds. The zero-order chi connectivity index (χ0) is 14.5. The van der Waals surface area contributed by atoms with Crippen molar-refractivity contribution in [1.82, 2.24) is 9.62 Å². The van der Waals surface area contributed by atoms with Crippen LogP contribution in [-0.4, -0.2) is 47.1 Å². The monoisotopic (exact) mass is 287 g/mol. The number of nitrogens with one attached hydrogen (secondary N) is 1. The Labute approximate surface area is 114 Å². The number of ether oxygens (including phenoxy) is 1. The van der Waals surface area contributed by atoms with Crippen LogP contribution in [0.15, 0.2) is 23.1 Å². The van der Waals surface area contributed by atoms with Crippen LogP contribution in [0, 0.1) is 0 Å². The standard InChI is InChI=1S/C12H21N3O3S/c1-4-15(2)8-7-14-19(16,17)10-5-6-12(18-3)11(13)9-10/h5-6,9,14H,4,7-8,13H2,1-3H3. The van der Waals surface area contributed by atoms with Crippen molar-refractivity contribution in [2.75, 3.05) is 39.5 Å². The second kappa shape index (κ2) is 6.74. The van der Waals surface area contributed by atoms with E-state index in [1.54, 1.807) is 6.07 Å². The van der Waals surface area contributed by atoms with Gasteiger partial charge in [0.1, 0.15) is 5.75 Å². The van der Waals surface area contributed by atoms with Crippen LogP contribution < -0.4 is 15.2 Å². The van der Waals surface area contributed by atoms with Crippen molar-refractivity contribution in [3.8, 4) is 5.75 Å². The van der Waals surface area contributed by atoms with Crippen molar-refractivity contribution in [2.24, 2.45) is 0 Å². The topological polar surface area (TPSA) is 84.7 Å². The van der Waals surface area contributed by atoms with Gasteiger partial charge in [-0.15, -0.1) is 0 Å². The number of rotatable bonds is 7. The minimum atomic E-state index is -3.52. The van der Waals surface area contributed by atoms with Crippen molar-refractivity contribution in [3.05, 3.63) is 18.2 Å². The number of hydrogen-bond acceptors (Lipinski definition) is 5. The third kappa shape index (κ3) is 4.38. The van der Waals surface area contributed by atoms with Gasteiger partial charge in [0, 0.05) is 13.1 Å². The van der Waals surface area contributed by atoms with Crippen LogP contribution in [-0.2, 0) is 10.0 Å². The van der Waals surface area contributed by atoms with Crippen LogP contribution in [0.5, 0.6) is 5.75 Å². The van der Waals surface area contributed by atoms with E-state index in [2.05, 4.69) is 4.72 Å². The fourth-order valence-electron chi connectivity index (χ4n) is 1.49. The van der Waals surface area contributed by atoms with Gasteiger partial charge in [-0.1, -0.05) is 6.92 Å². The molecule has 0 fully saturated rings. The van der Waals surface area contributed by atoms with Crippen molar-refractivity contribution in [3.63, 3.8) is 0 Å². The predicted octanol–water partition coefficient (Wildman–Crippen LogP) is 0.507. The molecule has 1 rings (SSSR count). The summed E-state index contributed by atoms with van der Waals surface area (Å²) in [5, 5.41) is 0. The van der Waals surface area contributed by atoms with Crippen LogP contribution in [0.4, 0.5) is 5.69 Å². The molecule has 7 heteroatoms. The highest BCUT2D eigenvalue weighted by Crippen LogP contribution is 2.24. The van der Waals surface area contributed by atoms with Gasteiger partial charge in [-0.2, -0.15) is 0 Å². The number of sulfonamides is 1. The lowest BCUT2D eigenvalue weighted by Crippen LogP contribution is -2.32. The van der Waals surface area contributed by atoms with E-state index in [0.29, 0.717) is 24.5 Å². The SMILES string of the molecule is CCN(C)CCNS(=O)(=O)c1ccc(OC)c(N)c1. The zero-order valence-electron chi connectivity index (χ0n) is 11.5. The first-order valence-electron chi connectivity index (χ1n) is 6.02. The van der Waals surface area contributed by atoms with Crippen LogP contribution in [0.25, 0.3) is 0 Å². The summed E-state index contributed by atoms with van der Waals surface area (Å²) in [6, 6.07) is 4.41. The van der Waals surface area contributed by atoms with E-state index < -0.39 is 10.0 Å². The van der Waals surface area contributed by atoms with Gasteiger partial charge < -0.3 is 15.4 Å². The van der Waals surface area contributed by atoms with E-state index in [9.17, 15) is 8.42 Å². The number of methoxy groups -OCH3 is 1. The molecule has 1 aromatic rings. The van der Waals surface area contributed by atoms with E-state index in [4.69, 9.17) is 10.5 Å². The Hall–Kier alpha value is -1.31. The second-order valence-electron chi connectivity index (χ2n) is 4.20. The molecule has 0 saturated heterocycles. The number of nitrogen functional groups attached to an aromatic ring is 1. The zero-order valence-corrected chi connectivity index (χ0v) is 12.3. The molecule has 6 nitrogen and oxygen atoms in total. The van der Waals surface area contributed by atoms with Crippen LogP contribution >= 0.6 is 0 Å². The molecular weight excluding hydrogens is 266 g/mol. The van der Waals surface area contributed by atoms with E-state index >= 15 is 0 Å². The number of benzene rings is 1. The van der Waals surface area contributed by atoms with Gasteiger partial charge >= 0.3 is 0 Å². The van der Waals surface area contributed by atoms with E-state index in [0.717, 1.165) is 6.54 Å². The molecule has 0 heterocycles. The number of likely N-dealkylation sites (N-methyl/N-ethyl adjacent to an activating group) is 1. The largest absolute Gasteiger partial charge is 0.495 e. The molecule has 0 aromatic heterocycles. The van der Waals surface area contributed by atoms with Gasteiger partial charge in [-0.25, -0.2) is 13.1 Å². The Morgan fingerprint density at radius 2 is 2.11 bits per heavy atom. The predicted molar refractivity (Wildman–Crippen MR) is 75.8 cm³/mol. The Morgan fingerprint density at radius 1 is 1.42 bits per heavy atom. The summed E-state index contributed by atoms with van der Waals surface area (Å²) < 4.78 is 31.6. The summed E-state index contributed by atoms with van der Waals surface area (Å²) in [4.78, 5) is 2.16. The third-order valence-electron chi connectivity index (χ3n) is 2.84. The summed E-state index contributed by atoms with van der Waals surface area (Å²) in [7, 11) is -0.109. The first kappa shape index (κ1) is 15.7. The lowest BCUT2D eigenvalue weighted by Gasteiger charge is -2.14. The molecule has 0 aliphatic carbocycles. The van der Waals surface area contributed by atoms with Crippen molar-refractivity contribution >= 4 is 15.7 Å². The summed E-state index contributed by atoms with van der Waals surface area (Å²) in [6.07, 6.45) is 0. The van der Waals surface area contributed by atoms with Gasteiger partial charge in [0.05, 0.1) is 17.7 Å². The Bertz CT molecular complexity index is 517.